The van der Waals surface area contributed by atoms with Gasteiger partial charge in [-0.3, -0.25) is 4.79 Å². The van der Waals surface area contributed by atoms with E-state index in [2.05, 4.69) is 16.3 Å². The van der Waals surface area contributed by atoms with Crippen LogP contribution in [0.4, 0.5) is 11.4 Å². The summed E-state index contributed by atoms with van der Waals surface area (Å²) in [4.78, 5) is 16.7. The van der Waals surface area contributed by atoms with Gasteiger partial charge in [0.25, 0.3) is 0 Å². The number of para-hydroxylation sites is 2. The molecule has 1 amide bonds. The van der Waals surface area contributed by atoms with Gasteiger partial charge in [0.2, 0.25) is 5.91 Å². The van der Waals surface area contributed by atoms with E-state index in [1.54, 1.807) is 7.11 Å². The average molecular weight is 383 g/mol. The second-order valence-electron chi connectivity index (χ2n) is 6.67. The highest BCUT2D eigenvalue weighted by Crippen LogP contribution is 2.28. The maximum absolute atomic E-state index is 12.5. The van der Waals surface area contributed by atoms with Gasteiger partial charge in [-0.1, -0.05) is 12.1 Å². The van der Waals surface area contributed by atoms with E-state index in [-0.39, 0.29) is 5.91 Å². The Morgan fingerprint density at radius 1 is 1.04 bits per heavy atom. The van der Waals surface area contributed by atoms with Crippen LogP contribution >= 0.6 is 0 Å². The molecular formula is C22H29N3O3. The number of benzene rings is 2. The van der Waals surface area contributed by atoms with E-state index >= 15 is 0 Å². The quantitative estimate of drug-likeness (QED) is 0.758. The zero-order chi connectivity index (χ0) is 19.8. The summed E-state index contributed by atoms with van der Waals surface area (Å²) < 4.78 is 10.9. The minimum absolute atomic E-state index is 0.193. The van der Waals surface area contributed by atoms with Crippen molar-refractivity contribution in [2.24, 2.45) is 0 Å². The Balaban J connectivity index is 1.42. The molecule has 150 valence electrons. The van der Waals surface area contributed by atoms with Gasteiger partial charge in [0.15, 0.2) is 0 Å². The average Bonchev–Trinajstić information content (AvgIpc) is 2.75. The molecular weight excluding hydrogens is 354 g/mol. The van der Waals surface area contributed by atoms with Gasteiger partial charge in [-0.05, 0) is 43.3 Å². The van der Waals surface area contributed by atoms with Gasteiger partial charge in [0.05, 0.1) is 19.4 Å². The van der Waals surface area contributed by atoms with Crippen molar-refractivity contribution < 1.29 is 14.3 Å². The van der Waals surface area contributed by atoms with E-state index in [9.17, 15) is 4.79 Å². The molecule has 0 bridgehead atoms. The SMILES string of the molecule is CCOc1ccc(NCCC(=O)N2CCN(c3ccccc3OC)CC2)cc1. The number of methoxy groups -OCH3 is 1. The lowest BCUT2D eigenvalue weighted by Gasteiger charge is -2.36. The first kappa shape index (κ1) is 19.9. The Labute approximate surface area is 167 Å². The number of anilines is 2. The number of amides is 1. The van der Waals surface area contributed by atoms with Gasteiger partial charge in [-0.25, -0.2) is 0 Å². The molecule has 2 aromatic carbocycles. The second-order valence-corrected chi connectivity index (χ2v) is 6.67. The van der Waals surface area contributed by atoms with E-state index in [1.165, 1.54) is 0 Å². The third-order valence-electron chi connectivity index (χ3n) is 4.89. The van der Waals surface area contributed by atoms with Gasteiger partial charge in [-0.2, -0.15) is 0 Å². The zero-order valence-electron chi connectivity index (χ0n) is 16.7. The van der Waals surface area contributed by atoms with Crippen molar-refractivity contribution in [3.63, 3.8) is 0 Å². The molecule has 6 nitrogen and oxygen atoms in total. The highest BCUT2D eigenvalue weighted by atomic mass is 16.5. The van der Waals surface area contributed by atoms with E-state index in [4.69, 9.17) is 9.47 Å². The summed E-state index contributed by atoms with van der Waals surface area (Å²) in [6, 6.07) is 15.8. The van der Waals surface area contributed by atoms with E-state index < -0.39 is 0 Å². The van der Waals surface area contributed by atoms with Crippen LogP contribution in [0, 0.1) is 0 Å². The predicted octanol–water partition coefficient (Wildman–Crippen LogP) is 3.24. The monoisotopic (exact) mass is 383 g/mol. The Bertz CT molecular complexity index is 756. The molecule has 28 heavy (non-hydrogen) atoms. The number of carbonyl (C=O) groups excluding carboxylic acids is 1. The molecule has 1 saturated heterocycles. The van der Waals surface area contributed by atoms with E-state index in [0.29, 0.717) is 19.6 Å². The number of hydrogen-bond donors (Lipinski definition) is 1. The number of rotatable bonds is 8. The van der Waals surface area contributed by atoms with E-state index in [0.717, 1.165) is 49.1 Å². The molecule has 0 atom stereocenters. The molecule has 0 saturated carbocycles. The molecule has 0 radical (unpaired) electrons. The molecule has 1 aliphatic heterocycles. The summed E-state index contributed by atoms with van der Waals surface area (Å²) in [7, 11) is 1.69. The molecule has 0 aliphatic carbocycles. The van der Waals surface area contributed by atoms with Crippen molar-refractivity contribution in [2.75, 3.05) is 56.7 Å². The fourth-order valence-corrected chi connectivity index (χ4v) is 3.40. The van der Waals surface area contributed by atoms with Crippen LogP contribution in [0.15, 0.2) is 48.5 Å². The minimum Gasteiger partial charge on any atom is -0.495 e. The molecule has 1 heterocycles. The summed E-state index contributed by atoms with van der Waals surface area (Å²) in [6.07, 6.45) is 0.488. The van der Waals surface area contributed by atoms with Crippen LogP contribution in [0.2, 0.25) is 0 Å². The first-order valence-electron chi connectivity index (χ1n) is 9.83. The van der Waals surface area contributed by atoms with Crippen LogP contribution in [-0.2, 0) is 4.79 Å². The van der Waals surface area contributed by atoms with E-state index in [1.807, 2.05) is 54.3 Å². The maximum atomic E-state index is 12.5. The lowest BCUT2D eigenvalue weighted by Crippen LogP contribution is -2.49. The first-order chi connectivity index (χ1) is 13.7. The summed E-state index contributed by atoms with van der Waals surface area (Å²) >= 11 is 0. The normalized spacial score (nSPS) is 13.9. The Hall–Kier alpha value is -2.89. The number of nitrogens with one attached hydrogen (secondary N) is 1. The van der Waals surface area contributed by atoms with Crippen LogP contribution in [0.1, 0.15) is 13.3 Å². The van der Waals surface area contributed by atoms with Crippen molar-refractivity contribution in [1.82, 2.24) is 4.90 Å². The van der Waals surface area contributed by atoms with Gasteiger partial charge in [0.1, 0.15) is 11.5 Å². The molecule has 6 heteroatoms. The Morgan fingerprint density at radius 2 is 1.75 bits per heavy atom. The lowest BCUT2D eigenvalue weighted by molar-refractivity contribution is -0.131. The smallest absolute Gasteiger partial charge is 0.224 e. The first-order valence-corrected chi connectivity index (χ1v) is 9.83. The van der Waals surface area contributed by atoms with Crippen molar-refractivity contribution in [1.29, 1.82) is 0 Å². The summed E-state index contributed by atoms with van der Waals surface area (Å²) in [5.74, 6) is 1.93. The minimum atomic E-state index is 0.193. The lowest BCUT2D eigenvalue weighted by atomic mass is 10.2. The van der Waals surface area contributed by atoms with Crippen molar-refractivity contribution >= 4 is 17.3 Å². The third-order valence-corrected chi connectivity index (χ3v) is 4.89. The van der Waals surface area contributed by atoms with Gasteiger partial charge >= 0.3 is 0 Å². The van der Waals surface area contributed by atoms with Gasteiger partial charge in [0, 0.05) is 44.8 Å². The van der Waals surface area contributed by atoms with Crippen LogP contribution in [0.5, 0.6) is 11.5 Å². The standard InChI is InChI=1S/C22H29N3O3/c1-3-28-19-10-8-18(9-11-19)23-13-12-22(26)25-16-14-24(15-17-25)20-6-4-5-7-21(20)27-2/h4-11,23H,3,12-17H2,1-2H3. The van der Waals surface area contributed by atoms with Crippen molar-refractivity contribution in [3.8, 4) is 11.5 Å². The number of hydrogen-bond acceptors (Lipinski definition) is 5. The van der Waals surface area contributed by atoms with Crippen LogP contribution in [0.3, 0.4) is 0 Å². The molecule has 0 unspecified atom stereocenters. The van der Waals surface area contributed by atoms with Crippen LogP contribution < -0.4 is 19.7 Å². The largest absolute Gasteiger partial charge is 0.495 e. The number of nitrogens with zero attached hydrogens (tertiary/aromatic N) is 2. The fourth-order valence-electron chi connectivity index (χ4n) is 3.40. The highest BCUT2D eigenvalue weighted by molar-refractivity contribution is 5.77. The van der Waals surface area contributed by atoms with Crippen LogP contribution in [-0.4, -0.2) is 57.2 Å². The molecule has 0 aromatic heterocycles. The number of piperazine rings is 1. The highest BCUT2D eigenvalue weighted by Gasteiger charge is 2.22. The van der Waals surface area contributed by atoms with Crippen molar-refractivity contribution in [2.45, 2.75) is 13.3 Å². The molecule has 1 N–H and O–H groups in total. The molecule has 1 aliphatic rings. The molecule has 2 aromatic rings. The van der Waals surface area contributed by atoms with Crippen molar-refractivity contribution in [3.05, 3.63) is 48.5 Å². The number of ether oxygens (including phenoxy) is 2. The summed E-state index contributed by atoms with van der Waals surface area (Å²) in [5, 5.41) is 3.30. The fraction of sp³-hybridized carbons (Fsp3) is 0.409. The Kier molecular flexibility index (Phi) is 7.00. The second kappa shape index (κ2) is 9.88. The molecule has 0 spiro atoms. The zero-order valence-corrected chi connectivity index (χ0v) is 16.7. The molecule has 1 fully saturated rings. The maximum Gasteiger partial charge on any atom is 0.224 e. The van der Waals surface area contributed by atoms with Crippen LogP contribution in [0.25, 0.3) is 0 Å². The number of carbonyl (C=O) groups is 1. The predicted molar refractivity (Wildman–Crippen MR) is 113 cm³/mol. The third kappa shape index (κ3) is 5.09. The van der Waals surface area contributed by atoms with Gasteiger partial charge < -0.3 is 24.6 Å². The Morgan fingerprint density at radius 3 is 2.43 bits per heavy atom. The molecule has 3 rings (SSSR count). The summed E-state index contributed by atoms with van der Waals surface area (Å²) in [5.41, 5.74) is 2.09. The summed E-state index contributed by atoms with van der Waals surface area (Å²) in [6.45, 7) is 6.36. The van der Waals surface area contributed by atoms with Gasteiger partial charge in [-0.15, -0.1) is 0 Å². The topological polar surface area (TPSA) is 54.0 Å².